The molecule has 300 valence electrons. The maximum absolute atomic E-state index is 14.8. The van der Waals surface area contributed by atoms with Crippen LogP contribution in [-0.2, 0) is 10.0 Å². The van der Waals surface area contributed by atoms with Crippen LogP contribution in [0.15, 0.2) is 84.0 Å². The quantitative estimate of drug-likeness (QED) is 0.105. The highest BCUT2D eigenvalue weighted by Crippen LogP contribution is 2.60. The van der Waals surface area contributed by atoms with Crippen molar-refractivity contribution in [1.82, 2.24) is 25.3 Å². The largest absolute Gasteiger partial charge is 0.478 e. The highest BCUT2D eigenvalue weighted by Gasteiger charge is 2.60. The minimum Gasteiger partial charge on any atom is -0.478 e. The fraction of sp³-hybridized carbons (Fsp3) is 0.419. The van der Waals surface area contributed by atoms with Crippen molar-refractivity contribution in [2.24, 2.45) is 17.3 Å². The molecule has 2 aromatic heterocycles. The summed E-state index contributed by atoms with van der Waals surface area (Å²) >= 11 is 0. The van der Waals surface area contributed by atoms with E-state index in [4.69, 9.17) is 9.72 Å². The first-order chi connectivity index (χ1) is 27.2. The molecule has 14 heteroatoms. The van der Waals surface area contributed by atoms with Crippen LogP contribution in [0.25, 0.3) is 17.3 Å². The van der Waals surface area contributed by atoms with Crippen LogP contribution in [-0.4, -0.2) is 58.0 Å². The molecule has 2 aromatic carbocycles. The molecule has 2 saturated carbocycles. The third kappa shape index (κ3) is 8.62. The number of allylic oxidation sites excluding steroid dienone is 2. The predicted octanol–water partition coefficient (Wildman–Crippen LogP) is 8.73. The molecular formula is C43H48F2N6O5S. The molecule has 3 N–H and O–H groups in total. The maximum atomic E-state index is 14.8. The van der Waals surface area contributed by atoms with Gasteiger partial charge in [0.25, 0.3) is 15.9 Å². The number of alkyl halides is 2. The Morgan fingerprint density at radius 1 is 1.04 bits per heavy atom. The number of hydrogen-bond acceptors (Lipinski definition) is 9. The van der Waals surface area contributed by atoms with Crippen LogP contribution in [0.4, 0.5) is 14.7 Å². The fourth-order valence-electron chi connectivity index (χ4n) is 8.11. The number of aromatic nitrogens is 4. The van der Waals surface area contributed by atoms with E-state index >= 15 is 0 Å². The molecule has 0 bridgehead atoms. The number of carbonyl (C=O) groups is 1. The predicted molar refractivity (Wildman–Crippen MR) is 213 cm³/mol. The lowest BCUT2D eigenvalue weighted by molar-refractivity contribution is -0.0138. The monoisotopic (exact) mass is 798 g/mol. The normalized spacial score (nSPS) is 21.0. The maximum Gasteiger partial charge on any atom is 0.335 e. The van der Waals surface area contributed by atoms with E-state index in [1.165, 1.54) is 31.5 Å². The third-order valence-corrected chi connectivity index (χ3v) is 13.1. The van der Waals surface area contributed by atoms with Gasteiger partial charge in [-0.15, -0.1) is 0 Å². The van der Waals surface area contributed by atoms with Crippen LogP contribution in [0, 0.1) is 31.1 Å². The average Bonchev–Trinajstić information content (AvgIpc) is 3.98. The molecule has 7 rings (SSSR count). The Morgan fingerprint density at radius 3 is 2.39 bits per heavy atom. The van der Waals surface area contributed by atoms with E-state index in [0.29, 0.717) is 36.1 Å². The lowest BCUT2D eigenvalue weighted by atomic mass is 9.71. The number of carboxylic acid groups (broad SMARTS) is 1. The van der Waals surface area contributed by atoms with Gasteiger partial charge in [-0.1, -0.05) is 62.6 Å². The summed E-state index contributed by atoms with van der Waals surface area (Å²) in [4.78, 5) is 29.7. The number of benzene rings is 2. The molecule has 4 aromatic rings. The van der Waals surface area contributed by atoms with E-state index in [9.17, 15) is 27.1 Å². The second-order valence-electron chi connectivity index (χ2n) is 15.8. The van der Waals surface area contributed by atoms with Crippen LogP contribution in [0.3, 0.4) is 0 Å². The minimum absolute atomic E-state index is 0.0965. The molecular weight excluding hydrogens is 751 g/mol. The van der Waals surface area contributed by atoms with Crippen molar-refractivity contribution in [2.45, 2.75) is 95.0 Å². The lowest BCUT2D eigenvalue weighted by Gasteiger charge is -2.38. The molecule has 1 aliphatic heterocycles. The van der Waals surface area contributed by atoms with Crippen molar-refractivity contribution >= 4 is 28.0 Å². The van der Waals surface area contributed by atoms with Crippen molar-refractivity contribution < 1.29 is 31.8 Å². The molecule has 0 spiro atoms. The molecule has 3 atom stereocenters. The van der Waals surface area contributed by atoms with Gasteiger partial charge in [0, 0.05) is 17.7 Å². The fourth-order valence-corrected chi connectivity index (χ4v) is 9.10. The number of ether oxygens (including phenoxy) is 1. The standard InChI is InChI=1S/C43H48F2N6O5S/c1-26(2)43(44,45)42(19-20-42)18-17-31-23-47-36(24-46-31)34-16-8-15-33(29-11-6-12-29)37(48-34)25-56-38-22-35(39-27(3)9-5-10-28(39)4)49-41(50-38)51-57(54,55)32-14-7-13-30(21-32)40(52)53/h5,7,9-10,13-14,17-18,21-24,29,33-34,37,48H,1,6,8,11-12,15-16,19-20,25H2,2-4H3,(H,52,53)(H,49,50,51)/t33-,34-,37-/m0/s1. The van der Waals surface area contributed by atoms with E-state index in [2.05, 4.69) is 31.6 Å². The first-order valence-electron chi connectivity index (χ1n) is 19.4. The summed E-state index contributed by atoms with van der Waals surface area (Å²) in [5, 5.41) is 13.3. The molecule has 3 aliphatic rings. The molecule has 0 unspecified atom stereocenters. The van der Waals surface area contributed by atoms with E-state index in [-0.39, 0.29) is 46.6 Å². The summed E-state index contributed by atoms with van der Waals surface area (Å²) in [6.07, 6.45) is 13.6. The minimum atomic E-state index is -4.28. The summed E-state index contributed by atoms with van der Waals surface area (Å²) in [6.45, 7) is 9.00. The molecule has 2 aliphatic carbocycles. The van der Waals surface area contributed by atoms with E-state index in [1.54, 1.807) is 30.6 Å². The molecule has 0 amide bonds. The Kier molecular flexibility index (Phi) is 11.3. The molecule has 3 heterocycles. The average molecular weight is 799 g/mol. The van der Waals surface area contributed by atoms with Crippen molar-refractivity contribution in [1.29, 1.82) is 0 Å². The summed E-state index contributed by atoms with van der Waals surface area (Å²) in [5.41, 5.74) is 2.87. The van der Waals surface area contributed by atoms with Gasteiger partial charge in [0.2, 0.25) is 11.8 Å². The number of anilines is 1. The van der Waals surface area contributed by atoms with Gasteiger partial charge in [0.05, 0.1) is 51.4 Å². The number of carboxylic acids is 1. The zero-order valence-corrected chi connectivity index (χ0v) is 33.2. The van der Waals surface area contributed by atoms with Gasteiger partial charge in [-0.05, 0) is 99.3 Å². The van der Waals surface area contributed by atoms with Gasteiger partial charge in [0.1, 0.15) is 6.61 Å². The Morgan fingerprint density at radius 2 is 1.75 bits per heavy atom. The SMILES string of the molecule is C=C(C)C(F)(F)C1(C=Cc2cnc([C@@H]3CCC[C@@H](C4CCC4)[C@H](COc4cc(-c5c(C)cccc5C)nc(NS(=O)(=O)c5cccc(C(=O)O)c5)n4)N3)cn2)CC1. The number of aromatic carboxylic acids is 1. The van der Waals surface area contributed by atoms with Crippen molar-refractivity contribution in [3.05, 3.63) is 107 Å². The Labute approximate surface area is 332 Å². The number of nitrogens with zero attached hydrogens (tertiary/aromatic N) is 4. The molecule has 11 nitrogen and oxygen atoms in total. The summed E-state index contributed by atoms with van der Waals surface area (Å²) in [6, 6.07) is 12.4. The van der Waals surface area contributed by atoms with E-state index in [1.807, 2.05) is 32.0 Å². The van der Waals surface area contributed by atoms with Gasteiger partial charge < -0.3 is 15.2 Å². The van der Waals surface area contributed by atoms with Crippen LogP contribution >= 0.6 is 0 Å². The highest BCUT2D eigenvalue weighted by atomic mass is 32.2. The summed E-state index contributed by atoms with van der Waals surface area (Å²) in [5.74, 6) is -3.41. The molecule has 3 fully saturated rings. The number of sulfonamides is 1. The highest BCUT2D eigenvalue weighted by molar-refractivity contribution is 7.92. The van der Waals surface area contributed by atoms with Crippen LogP contribution in [0.2, 0.25) is 0 Å². The van der Waals surface area contributed by atoms with Gasteiger partial charge in [-0.2, -0.15) is 4.98 Å². The lowest BCUT2D eigenvalue weighted by Crippen LogP contribution is -2.45. The van der Waals surface area contributed by atoms with E-state index in [0.717, 1.165) is 60.6 Å². The van der Waals surface area contributed by atoms with Gasteiger partial charge in [0.15, 0.2) is 0 Å². The molecule has 1 saturated heterocycles. The summed E-state index contributed by atoms with van der Waals surface area (Å²) in [7, 11) is -4.28. The van der Waals surface area contributed by atoms with E-state index < -0.39 is 27.3 Å². The smallest absolute Gasteiger partial charge is 0.335 e. The Bertz CT molecular complexity index is 2270. The number of nitrogens with one attached hydrogen (secondary N) is 2. The Hall–Kier alpha value is -5.08. The van der Waals surface area contributed by atoms with Crippen LogP contribution < -0.4 is 14.8 Å². The number of aryl methyl sites for hydroxylation is 2. The zero-order valence-electron chi connectivity index (χ0n) is 32.3. The first kappa shape index (κ1) is 40.1. The zero-order chi connectivity index (χ0) is 40.5. The van der Waals surface area contributed by atoms with Crippen LogP contribution in [0.1, 0.15) is 97.2 Å². The molecule has 57 heavy (non-hydrogen) atoms. The van der Waals surface area contributed by atoms with Crippen molar-refractivity contribution in [3.8, 4) is 17.1 Å². The van der Waals surface area contributed by atoms with Gasteiger partial charge in [-0.25, -0.2) is 31.7 Å². The van der Waals surface area contributed by atoms with Gasteiger partial charge >= 0.3 is 5.97 Å². The third-order valence-electron chi connectivity index (χ3n) is 11.8. The van der Waals surface area contributed by atoms with Crippen molar-refractivity contribution in [3.63, 3.8) is 0 Å². The number of halogens is 2. The van der Waals surface area contributed by atoms with Gasteiger partial charge in [-0.3, -0.25) is 9.97 Å². The summed E-state index contributed by atoms with van der Waals surface area (Å²) < 4.78 is 65.6. The number of rotatable bonds is 14. The number of hydrogen-bond donors (Lipinski definition) is 3. The molecule has 0 radical (unpaired) electrons. The van der Waals surface area contributed by atoms with Crippen molar-refractivity contribution in [2.75, 3.05) is 11.3 Å². The topological polar surface area (TPSA) is 156 Å². The Balaban J connectivity index is 1.14. The first-order valence-corrected chi connectivity index (χ1v) is 20.9. The second-order valence-corrected chi connectivity index (χ2v) is 17.4. The second kappa shape index (κ2) is 16.0. The van der Waals surface area contributed by atoms with Crippen LogP contribution in [0.5, 0.6) is 5.88 Å².